The number of anilines is 2. The van der Waals surface area contributed by atoms with Crippen LogP contribution < -0.4 is 10.2 Å². The minimum Gasteiger partial charge on any atom is -0.478 e. The Morgan fingerprint density at radius 2 is 1.54 bits per heavy atom. The number of carboxylic acids is 1. The van der Waals surface area contributed by atoms with Crippen LogP contribution in [0.1, 0.15) is 54.0 Å². The molecule has 3 aromatic rings. The number of amidine groups is 1. The van der Waals surface area contributed by atoms with Gasteiger partial charge in [-0.1, -0.05) is 49.9 Å². The lowest BCUT2D eigenvalue weighted by Gasteiger charge is -2.16. The van der Waals surface area contributed by atoms with Gasteiger partial charge in [-0.2, -0.15) is 0 Å². The smallest absolute Gasteiger partial charge is 0.335 e. The Bertz CT molecular complexity index is 1450. The SMILES string of the molecule is CC.CCNc1ccc(C(C)=O)cc1.CN1/C(=C2/SC(=N)N(Cc3ccc(C(=O)O)cc3)C2=O)Sc2ccccc21. The molecule has 1 amide bonds. The molecule has 2 aliphatic heterocycles. The van der Waals surface area contributed by atoms with E-state index in [1.54, 1.807) is 19.1 Å². The van der Waals surface area contributed by atoms with Crippen LogP contribution in [0.15, 0.2) is 87.6 Å². The summed E-state index contributed by atoms with van der Waals surface area (Å²) in [5, 5.41) is 21.4. The molecule has 0 spiro atoms. The summed E-state index contributed by atoms with van der Waals surface area (Å²) in [5.74, 6) is -1.08. The third kappa shape index (κ3) is 7.59. The average Bonchev–Trinajstić information content (AvgIpc) is 3.46. The van der Waals surface area contributed by atoms with Gasteiger partial charge in [0.2, 0.25) is 0 Å². The van der Waals surface area contributed by atoms with Crippen molar-refractivity contribution < 1.29 is 19.5 Å². The van der Waals surface area contributed by atoms with E-state index in [9.17, 15) is 14.4 Å². The fourth-order valence-corrected chi connectivity index (χ4v) is 6.15. The molecule has 2 heterocycles. The van der Waals surface area contributed by atoms with Crippen molar-refractivity contribution in [3.63, 3.8) is 0 Å². The number of fused-ring (bicyclic) bond motifs is 1. The molecule has 8 nitrogen and oxygen atoms in total. The zero-order valence-corrected chi connectivity index (χ0v) is 25.4. The number of Topliss-reactive ketones (excluding diaryl/α,β-unsaturated/α-hetero) is 1. The predicted molar refractivity (Wildman–Crippen MR) is 169 cm³/mol. The number of nitrogens with zero attached hydrogens (tertiary/aromatic N) is 2. The number of aromatic carboxylic acids is 1. The van der Waals surface area contributed by atoms with E-state index in [2.05, 4.69) is 5.32 Å². The zero-order valence-electron chi connectivity index (χ0n) is 23.7. The zero-order chi connectivity index (χ0) is 30.1. The van der Waals surface area contributed by atoms with Crippen molar-refractivity contribution in [2.24, 2.45) is 0 Å². The Morgan fingerprint density at radius 1 is 0.927 bits per heavy atom. The Morgan fingerprint density at radius 3 is 2.10 bits per heavy atom. The lowest BCUT2D eigenvalue weighted by atomic mass is 10.1. The van der Waals surface area contributed by atoms with E-state index >= 15 is 0 Å². The summed E-state index contributed by atoms with van der Waals surface area (Å²) in [7, 11) is 1.92. The van der Waals surface area contributed by atoms with Gasteiger partial charge in [-0.05, 0) is 79.7 Å². The molecule has 214 valence electrons. The molecule has 10 heteroatoms. The van der Waals surface area contributed by atoms with Crippen molar-refractivity contribution in [1.29, 1.82) is 5.41 Å². The van der Waals surface area contributed by atoms with E-state index < -0.39 is 5.97 Å². The molecule has 0 aromatic heterocycles. The maximum atomic E-state index is 13.0. The quantitative estimate of drug-likeness (QED) is 0.205. The highest BCUT2D eigenvalue weighted by molar-refractivity contribution is 8.19. The number of rotatable bonds is 6. The maximum Gasteiger partial charge on any atom is 0.335 e. The van der Waals surface area contributed by atoms with Crippen LogP contribution in [-0.2, 0) is 11.3 Å². The van der Waals surface area contributed by atoms with Crippen molar-refractivity contribution in [1.82, 2.24) is 4.90 Å². The molecular formula is C31H34N4O4S2. The second-order valence-electron chi connectivity index (χ2n) is 8.73. The molecule has 1 saturated heterocycles. The molecule has 0 unspecified atom stereocenters. The molecule has 2 aliphatic rings. The summed E-state index contributed by atoms with van der Waals surface area (Å²) >= 11 is 2.70. The van der Waals surface area contributed by atoms with Gasteiger partial charge in [0, 0.05) is 29.7 Å². The van der Waals surface area contributed by atoms with E-state index in [4.69, 9.17) is 10.5 Å². The van der Waals surface area contributed by atoms with Crippen molar-refractivity contribution in [2.75, 3.05) is 23.8 Å². The topological polar surface area (TPSA) is 114 Å². The number of amides is 1. The van der Waals surface area contributed by atoms with Gasteiger partial charge in [-0.25, -0.2) is 4.79 Å². The number of thioether (sulfide) groups is 2. The van der Waals surface area contributed by atoms with Gasteiger partial charge in [0.25, 0.3) is 5.91 Å². The van der Waals surface area contributed by atoms with E-state index in [1.165, 1.54) is 28.8 Å². The predicted octanol–water partition coefficient (Wildman–Crippen LogP) is 7.15. The monoisotopic (exact) mass is 590 g/mol. The summed E-state index contributed by atoms with van der Waals surface area (Å²) in [6.07, 6.45) is 0. The van der Waals surface area contributed by atoms with Crippen LogP contribution >= 0.6 is 23.5 Å². The highest BCUT2D eigenvalue weighted by atomic mass is 32.2. The molecule has 3 aromatic carbocycles. The molecule has 5 rings (SSSR count). The number of hydrogen-bond acceptors (Lipinski definition) is 8. The van der Waals surface area contributed by atoms with Gasteiger partial charge in [-0.15, -0.1) is 0 Å². The van der Waals surface area contributed by atoms with E-state index in [0.29, 0.717) is 4.91 Å². The van der Waals surface area contributed by atoms with Gasteiger partial charge in [0.1, 0.15) is 4.91 Å². The first kappa shape index (κ1) is 31.5. The summed E-state index contributed by atoms with van der Waals surface area (Å²) in [5.41, 5.74) is 3.84. The van der Waals surface area contributed by atoms with Crippen LogP contribution in [0.3, 0.4) is 0 Å². The van der Waals surface area contributed by atoms with Crippen LogP contribution in [-0.4, -0.2) is 46.4 Å². The van der Waals surface area contributed by atoms with Gasteiger partial charge in [0.15, 0.2) is 11.0 Å². The first-order valence-electron chi connectivity index (χ1n) is 13.2. The normalized spacial score (nSPS) is 15.4. The van der Waals surface area contributed by atoms with Gasteiger partial charge in [-0.3, -0.25) is 19.9 Å². The average molecular weight is 591 g/mol. The van der Waals surface area contributed by atoms with Crippen LogP contribution in [0, 0.1) is 5.41 Å². The largest absolute Gasteiger partial charge is 0.478 e. The number of para-hydroxylation sites is 1. The van der Waals surface area contributed by atoms with Gasteiger partial charge >= 0.3 is 5.97 Å². The minimum atomic E-state index is -0.991. The number of carbonyl (C=O) groups excluding carboxylic acids is 2. The molecule has 0 radical (unpaired) electrons. The summed E-state index contributed by atoms with van der Waals surface area (Å²) < 4.78 is 0. The van der Waals surface area contributed by atoms with Crippen molar-refractivity contribution >= 4 is 57.7 Å². The van der Waals surface area contributed by atoms with Gasteiger partial charge in [0.05, 0.1) is 22.8 Å². The molecule has 1 fully saturated rings. The van der Waals surface area contributed by atoms with E-state index in [1.807, 2.05) is 81.2 Å². The van der Waals surface area contributed by atoms with Gasteiger partial charge < -0.3 is 15.3 Å². The standard InChI is InChI=1S/C19H15N3O3S2.C10H13NO.C2H6/c1-21-13-4-2-3-5-14(13)26-17(21)15-16(23)22(19(20)27-15)10-11-6-8-12(9-7-11)18(24)25;1-3-11-10-6-4-9(5-7-10)8(2)12;1-2/h2-9,20H,10H2,1H3,(H,24,25);4-7,11H,3H2,1-2H3;1-2H3/b17-15-,20-19?;;. The highest BCUT2D eigenvalue weighted by Gasteiger charge is 2.38. The molecule has 0 bridgehead atoms. The molecule has 0 atom stereocenters. The van der Waals surface area contributed by atoms with Crippen molar-refractivity contribution in [3.05, 3.63) is 99.4 Å². The first-order valence-corrected chi connectivity index (χ1v) is 14.8. The third-order valence-electron chi connectivity index (χ3n) is 6.03. The maximum absolute atomic E-state index is 13.0. The Kier molecular flexibility index (Phi) is 11.2. The van der Waals surface area contributed by atoms with Crippen molar-refractivity contribution in [2.45, 2.75) is 39.1 Å². The lowest BCUT2D eigenvalue weighted by molar-refractivity contribution is -0.122. The molecule has 0 saturated carbocycles. The number of benzene rings is 3. The minimum absolute atomic E-state index is 0.109. The van der Waals surface area contributed by atoms with Crippen molar-refractivity contribution in [3.8, 4) is 0 Å². The number of carboxylic acid groups (broad SMARTS) is 1. The summed E-state index contributed by atoms with van der Waals surface area (Å²) in [6, 6.07) is 21.8. The molecule has 0 aliphatic carbocycles. The molecular weight excluding hydrogens is 556 g/mol. The second-order valence-corrected chi connectivity index (χ2v) is 10.8. The number of hydrogen-bond donors (Lipinski definition) is 3. The van der Waals surface area contributed by atoms with E-state index in [0.717, 1.165) is 50.7 Å². The summed E-state index contributed by atoms with van der Waals surface area (Å²) in [6.45, 7) is 8.75. The number of nitrogens with one attached hydrogen (secondary N) is 2. The number of ketones is 1. The Labute approximate surface area is 249 Å². The lowest BCUT2D eigenvalue weighted by Crippen LogP contribution is -2.28. The Balaban J connectivity index is 0.000000278. The first-order chi connectivity index (χ1) is 19.7. The highest BCUT2D eigenvalue weighted by Crippen LogP contribution is 2.49. The second kappa shape index (κ2) is 14.6. The van der Waals surface area contributed by atoms with Crippen LogP contribution in [0.25, 0.3) is 0 Å². The fourth-order valence-electron chi connectivity index (χ4n) is 3.95. The van der Waals surface area contributed by atoms with Crippen LogP contribution in [0.4, 0.5) is 11.4 Å². The fraction of sp³-hybridized carbons (Fsp3) is 0.226. The molecule has 3 N–H and O–H groups in total. The van der Waals surface area contributed by atoms with Crippen LogP contribution in [0.2, 0.25) is 0 Å². The van der Waals surface area contributed by atoms with Crippen LogP contribution in [0.5, 0.6) is 0 Å². The number of carbonyl (C=O) groups is 3. The molecule has 41 heavy (non-hydrogen) atoms. The van der Waals surface area contributed by atoms with E-state index in [-0.39, 0.29) is 29.0 Å². The Hall–Kier alpha value is -4.02. The summed E-state index contributed by atoms with van der Waals surface area (Å²) in [4.78, 5) is 39.8. The third-order valence-corrected chi connectivity index (χ3v) is 8.38.